The van der Waals surface area contributed by atoms with Crippen molar-refractivity contribution < 1.29 is 0 Å². The van der Waals surface area contributed by atoms with E-state index in [1.54, 1.807) is 0 Å². The number of hydrogen-bond donors (Lipinski definition) is 0. The quantitative estimate of drug-likeness (QED) is 0.387. The Morgan fingerprint density at radius 3 is 2.73 bits per heavy atom. The van der Waals surface area contributed by atoms with Gasteiger partial charge in [0, 0.05) is 0 Å². The van der Waals surface area contributed by atoms with Crippen molar-refractivity contribution in [3.05, 3.63) is 11.6 Å². The van der Waals surface area contributed by atoms with Gasteiger partial charge in [0.1, 0.15) is 0 Å². The molecule has 62 valence electrons. The molecule has 0 saturated heterocycles. The number of rotatable bonds is 0. The second-order valence-corrected chi connectivity index (χ2v) is 5.09. The Kier molecular flexibility index (Phi) is 1.42. The van der Waals surface area contributed by atoms with Crippen LogP contribution in [0.4, 0.5) is 0 Å². The van der Waals surface area contributed by atoms with Crippen LogP contribution in [0.5, 0.6) is 0 Å². The second-order valence-electron chi connectivity index (χ2n) is 4.57. The first-order valence-electron chi connectivity index (χ1n) is 4.36. The maximum absolute atomic E-state index is 6.15. The molecule has 0 amide bonds. The Balaban J connectivity index is 2.22. The lowest BCUT2D eigenvalue weighted by molar-refractivity contribution is 0.535. The first-order valence-corrected chi connectivity index (χ1v) is 4.79. The standard InChI is InChI=1S/C10H15Cl/c1-6-4-7-8(5-9(6)11)10(7,2)3/h4,7-9H,5H2,1-3H3/t7?,8?,9-/m1/s1. The molecule has 0 radical (unpaired) electrons. The third-order valence-corrected chi connectivity index (χ3v) is 4.06. The van der Waals surface area contributed by atoms with Gasteiger partial charge in [-0.25, -0.2) is 0 Å². The van der Waals surface area contributed by atoms with Gasteiger partial charge in [-0.1, -0.05) is 25.5 Å². The molecule has 1 saturated carbocycles. The van der Waals surface area contributed by atoms with Gasteiger partial charge in [0.2, 0.25) is 0 Å². The Bertz CT molecular complexity index is 215. The van der Waals surface area contributed by atoms with E-state index in [2.05, 4.69) is 26.8 Å². The van der Waals surface area contributed by atoms with Crippen LogP contribution >= 0.6 is 11.6 Å². The molecule has 2 aliphatic rings. The largest absolute Gasteiger partial charge is 0.118 e. The lowest BCUT2D eigenvalue weighted by atomic mass is 10.0. The van der Waals surface area contributed by atoms with Crippen LogP contribution in [0.2, 0.25) is 0 Å². The van der Waals surface area contributed by atoms with Gasteiger partial charge in [-0.15, -0.1) is 11.6 Å². The van der Waals surface area contributed by atoms with E-state index in [9.17, 15) is 0 Å². The van der Waals surface area contributed by atoms with Gasteiger partial charge in [-0.2, -0.15) is 0 Å². The van der Waals surface area contributed by atoms with Gasteiger partial charge >= 0.3 is 0 Å². The summed E-state index contributed by atoms with van der Waals surface area (Å²) in [7, 11) is 0. The Labute approximate surface area is 73.6 Å². The molecule has 0 aromatic heterocycles. The van der Waals surface area contributed by atoms with Crippen molar-refractivity contribution in [1.29, 1.82) is 0 Å². The van der Waals surface area contributed by atoms with E-state index < -0.39 is 0 Å². The van der Waals surface area contributed by atoms with Crippen molar-refractivity contribution in [2.24, 2.45) is 17.3 Å². The molecule has 3 atom stereocenters. The molecule has 0 heterocycles. The average Bonchev–Trinajstić information content (AvgIpc) is 2.39. The predicted octanol–water partition coefficient (Wildman–Crippen LogP) is 3.22. The molecule has 0 N–H and O–H groups in total. The van der Waals surface area contributed by atoms with Gasteiger partial charge in [0.15, 0.2) is 0 Å². The Morgan fingerprint density at radius 1 is 1.55 bits per heavy atom. The second kappa shape index (κ2) is 2.04. The van der Waals surface area contributed by atoms with E-state index in [0.29, 0.717) is 10.8 Å². The lowest BCUT2D eigenvalue weighted by Gasteiger charge is -2.13. The van der Waals surface area contributed by atoms with Gasteiger partial charge in [0.25, 0.3) is 0 Å². The minimum Gasteiger partial charge on any atom is -0.118 e. The van der Waals surface area contributed by atoms with Crippen molar-refractivity contribution >= 4 is 11.6 Å². The van der Waals surface area contributed by atoms with Crippen LogP contribution in [0.1, 0.15) is 27.2 Å². The fraction of sp³-hybridized carbons (Fsp3) is 0.800. The fourth-order valence-electron chi connectivity index (χ4n) is 2.36. The van der Waals surface area contributed by atoms with E-state index in [1.807, 2.05) is 0 Å². The van der Waals surface area contributed by atoms with Crippen LogP contribution in [0.3, 0.4) is 0 Å². The molecule has 0 bridgehead atoms. The summed E-state index contributed by atoms with van der Waals surface area (Å²) in [6.45, 7) is 6.85. The maximum atomic E-state index is 6.15. The molecule has 1 heteroatoms. The highest BCUT2D eigenvalue weighted by molar-refractivity contribution is 6.22. The Morgan fingerprint density at radius 2 is 2.18 bits per heavy atom. The summed E-state index contributed by atoms with van der Waals surface area (Å²) < 4.78 is 0. The minimum absolute atomic E-state index is 0.318. The van der Waals surface area contributed by atoms with E-state index in [1.165, 1.54) is 12.0 Å². The highest BCUT2D eigenvalue weighted by atomic mass is 35.5. The molecule has 2 aliphatic carbocycles. The zero-order valence-corrected chi connectivity index (χ0v) is 8.15. The van der Waals surface area contributed by atoms with E-state index in [4.69, 9.17) is 11.6 Å². The van der Waals surface area contributed by atoms with Crippen molar-refractivity contribution in [2.45, 2.75) is 32.6 Å². The normalized spacial score (nSPS) is 46.2. The first-order chi connectivity index (χ1) is 5.03. The van der Waals surface area contributed by atoms with Crippen LogP contribution < -0.4 is 0 Å². The number of fused-ring (bicyclic) bond motifs is 1. The van der Waals surface area contributed by atoms with Crippen LogP contribution in [-0.4, -0.2) is 5.38 Å². The fourth-order valence-corrected chi connectivity index (χ4v) is 2.63. The maximum Gasteiger partial charge on any atom is 0.0545 e. The minimum atomic E-state index is 0.318. The molecule has 2 rings (SSSR count). The average molecular weight is 171 g/mol. The molecule has 0 spiro atoms. The number of allylic oxidation sites excluding steroid dienone is 2. The summed E-state index contributed by atoms with van der Waals surface area (Å²) >= 11 is 6.15. The van der Waals surface area contributed by atoms with E-state index in [-0.39, 0.29) is 0 Å². The van der Waals surface area contributed by atoms with Crippen LogP contribution in [0.25, 0.3) is 0 Å². The Hall–Kier alpha value is 0.0300. The number of hydrogen-bond acceptors (Lipinski definition) is 0. The summed E-state index contributed by atoms with van der Waals surface area (Å²) in [5.74, 6) is 1.70. The van der Waals surface area contributed by atoms with Gasteiger partial charge < -0.3 is 0 Å². The van der Waals surface area contributed by atoms with E-state index in [0.717, 1.165) is 11.8 Å². The molecule has 0 aromatic rings. The summed E-state index contributed by atoms with van der Waals surface area (Å²) in [5, 5.41) is 0.318. The van der Waals surface area contributed by atoms with Crippen LogP contribution in [0.15, 0.2) is 11.6 Å². The molecular formula is C10H15Cl. The van der Waals surface area contributed by atoms with Crippen molar-refractivity contribution in [2.75, 3.05) is 0 Å². The monoisotopic (exact) mass is 170 g/mol. The lowest BCUT2D eigenvalue weighted by Crippen LogP contribution is -2.07. The zero-order chi connectivity index (χ0) is 8.22. The zero-order valence-electron chi connectivity index (χ0n) is 7.39. The number of halogens is 1. The van der Waals surface area contributed by atoms with Crippen LogP contribution in [-0.2, 0) is 0 Å². The van der Waals surface area contributed by atoms with Crippen molar-refractivity contribution in [3.8, 4) is 0 Å². The summed E-state index contributed by atoms with van der Waals surface area (Å²) in [5.41, 5.74) is 1.93. The molecular weight excluding hydrogens is 156 g/mol. The highest BCUT2D eigenvalue weighted by Crippen LogP contribution is 2.64. The summed E-state index contributed by atoms with van der Waals surface area (Å²) in [6, 6.07) is 0. The predicted molar refractivity (Wildman–Crippen MR) is 48.8 cm³/mol. The smallest absolute Gasteiger partial charge is 0.0545 e. The molecule has 0 nitrogen and oxygen atoms in total. The van der Waals surface area contributed by atoms with Crippen LogP contribution in [0, 0.1) is 17.3 Å². The third-order valence-electron chi connectivity index (χ3n) is 3.54. The summed E-state index contributed by atoms with van der Waals surface area (Å²) in [4.78, 5) is 0. The molecule has 2 unspecified atom stereocenters. The molecule has 1 fully saturated rings. The summed E-state index contributed by atoms with van der Waals surface area (Å²) in [6.07, 6.45) is 3.58. The topological polar surface area (TPSA) is 0 Å². The highest BCUT2D eigenvalue weighted by Gasteiger charge is 2.58. The van der Waals surface area contributed by atoms with E-state index >= 15 is 0 Å². The van der Waals surface area contributed by atoms with Gasteiger partial charge in [0.05, 0.1) is 5.38 Å². The molecule has 0 aromatic carbocycles. The first kappa shape index (κ1) is 7.67. The van der Waals surface area contributed by atoms with Gasteiger partial charge in [-0.05, 0) is 30.6 Å². The SMILES string of the molecule is CC1=CC2C(C[C@H]1Cl)C2(C)C. The van der Waals surface area contributed by atoms with Gasteiger partial charge in [-0.3, -0.25) is 0 Å². The van der Waals surface area contributed by atoms with Crippen molar-refractivity contribution in [3.63, 3.8) is 0 Å². The molecule has 11 heavy (non-hydrogen) atoms. The third kappa shape index (κ3) is 0.955. The number of alkyl halides is 1. The van der Waals surface area contributed by atoms with Crippen molar-refractivity contribution in [1.82, 2.24) is 0 Å². The molecule has 0 aliphatic heterocycles.